The Morgan fingerprint density at radius 2 is 0.824 bits per heavy atom. The number of nitrogens with zero attached hydrogens (tertiary/aromatic N) is 6. The van der Waals surface area contributed by atoms with Crippen LogP contribution >= 0.6 is 11.6 Å². The maximum atomic E-state index is 13.3. The Hall–Kier alpha value is -10.2. The van der Waals surface area contributed by atoms with Crippen molar-refractivity contribution >= 4 is 98.0 Å². The van der Waals surface area contributed by atoms with Crippen LogP contribution in [0.5, 0.6) is 0 Å². The minimum Gasteiger partial charge on any atom is -0.399 e. The number of nitrogen functional groups attached to an aromatic ring is 1. The van der Waals surface area contributed by atoms with Crippen molar-refractivity contribution in [1.29, 1.82) is 0 Å². The number of anilines is 12. The molecule has 9 aromatic rings. The highest BCUT2D eigenvalue weighted by Gasteiger charge is 2.37. The van der Waals surface area contributed by atoms with Crippen molar-refractivity contribution < 1.29 is 53.9 Å². The van der Waals surface area contributed by atoms with Gasteiger partial charge < -0.3 is 37.6 Å². The molecule has 85 heavy (non-hydrogen) atoms. The molecule has 0 fully saturated rings. The normalized spacial score (nSPS) is 13.0. The molecule has 434 valence electrons. The van der Waals surface area contributed by atoms with Crippen LogP contribution in [0, 0.1) is 0 Å². The molecule has 0 unspecified atom stereocenters. The molecule has 8 N–H and O–H groups in total. The number of hydrogen-bond donors (Lipinski definition) is 7. The second kappa shape index (κ2) is 25.5. The summed E-state index contributed by atoms with van der Waals surface area (Å²) in [5, 5.41) is 16.7. The van der Waals surface area contributed by atoms with Gasteiger partial charge in [0.1, 0.15) is 45.8 Å². The number of halogens is 10. The van der Waals surface area contributed by atoms with Gasteiger partial charge in [-0.1, -0.05) is 41.9 Å². The molecule has 0 atom stereocenters. The largest absolute Gasteiger partial charge is 0.419 e. The zero-order chi connectivity index (χ0) is 60.5. The van der Waals surface area contributed by atoms with E-state index in [9.17, 15) is 53.9 Å². The fourth-order valence-electron chi connectivity index (χ4n) is 8.79. The van der Waals surface area contributed by atoms with Gasteiger partial charge in [-0.3, -0.25) is 14.4 Å². The number of fused-ring (bicyclic) bond motifs is 3. The number of Topliss-reactive ketones (excluding diaryl/α,β-unsaturated/α-hetero) is 2. The molecule has 1 aliphatic heterocycles. The van der Waals surface area contributed by atoms with Gasteiger partial charge in [0.05, 0.1) is 40.2 Å². The smallest absolute Gasteiger partial charge is 0.399 e. The highest BCUT2D eigenvalue weighted by atomic mass is 35.5. The van der Waals surface area contributed by atoms with Gasteiger partial charge in [-0.2, -0.15) is 39.5 Å². The fraction of sp³-hybridized carbons (Fsp3) is 0.136. The first-order chi connectivity index (χ1) is 40.5. The molecule has 12 rings (SSSR count). The number of benzene rings is 3. The number of hydrogen-bond acceptors (Lipinski definition) is 15. The van der Waals surface area contributed by atoms with Crippen molar-refractivity contribution in [2.75, 3.05) is 37.6 Å². The average molecular weight is 1190 g/mol. The van der Waals surface area contributed by atoms with Crippen molar-refractivity contribution in [2.45, 2.75) is 50.6 Å². The van der Waals surface area contributed by atoms with E-state index < -0.39 is 35.2 Å². The number of amides is 1. The lowest BCUT2D eigenvalue weighted by Crippen LogP contribution is -2.11. The number of carbonyl (C=O) groups is 3. The number of alkyl halides is 9. The Morgan fingerprint density at radius 3 is 1.24 bits per heavy atom. The summed E-state index contributed by atoms with van der Waals surface area (Å²) in [4.78, 5) is 57.1. The lowest BCUT2D eigenvalue weighted by Gasteiger charge is -2.16. The second-order valence-corrected chi connectivity index (χ2v) is 19.3. The number of rotatable bonds is 10. The van der Waals surface area contributed by atoms with Gasteiger partial charge in [0.25, 0.3) is 0 Å². The summed E-state index contributed by atoms with van der Waals surface area (Å²) in [5.41, 5.74) is 10.1. The number of nitrogens with two attached hydrogens (primary N) is 1. The van der Waals surface area contributed by atoms with E-state index in [1.165, 1.54) is 30.7 Å². The third-order valence-corrected chi connectivity index (χ3v) is 12.8. The minimum atomic E-state index is -4.56. The quantitative estimate of drug-likeness (QED) is 0.0384. The molecule has 3 aliphatic rings. The summed E-state index contributed by atoms with van der Waals surface area (Å²) < 4.78 is 118. The third kappa shape index (κ3) is 16.1. The topological polar surface area (TPSA) is 227 Å². The van der Waals surface area contributed by atoms with Gasteiger partial charge in [0.2, 0.25) is 5.91 Å². The predicted molar refractivity (Wildman–Crippen MR) is 303 cm³/mol. The summed E-state index contributed by atoms with van der Waals surface area (Å²) in [6, 6.07) is 34.7. The molecule has 0 spiro atoms. The molecule has 0 bridgehead atoms. The van der Waals surface area contributed by atoms with Crippen LogP contribution in [-0.4, -0.2) is 47.4 Å². The van der Waals surface area contributed by atoms with Crippen molar-refractivity contribution in [3.05, 3.63) is 214 Å². The van der Waals surface area contributed by atoms with Gasteiger partial charge in [-0.05, 0) is 113 Å². The van der Waals surface area contributed by atoms with Gasteiger partial charge in [-0.15, -0.1) is 0 Å². The van der Waals surface area contributed by atoms with Crippen LogP contribution < -0.4 is 37.6 Å². The number of nitrogens with one attached hydrogen (secondary N) is 6. The summed E-state index contributed by atoms with van der Waals surface area (Å²) in [6.07, 6.45) is -4.87. The molecular weight excluding hydrogens is 1150 g/mol. The average Bonchev–Trinajstić information content (AvgIpc) is 3.76. The van der Waals surface area contributed by atoms with Crippen molar-refractivity contribution in [1.82, 2.24) is 29.9 Å². The molecular formula is C59H45ClF9N13O3. The summed E-state index contributed by atoms with van der Waals surface area (Å²) >= 11 is 5.59. The Morgan fingerprint density at radius 1 is 0.412 bits per heavy atom. The summed E-state index contributed by atoms with van der Waals surface area (Å²) in [6.45, 7) is 0. The van der Waals surface area contributed by atoms with E-state index in [4.69, 9.17) is 17.3 Å². The summed E-state index contributed by atoms with van der Waals surface area (Å²) in [5.74, 6) is 1.73. The number of pyridine rings is 6. The Bertz CT molecular complexity index is 3730. The zero-order valence-electron chi connectivity index (χ0n) is 43.9. The molecule has 3 aromatic carbocycles. The zero-order valence-corrected chi connectivity index (χ0v) is 44.6. The number of aromatic nitrogens is 6. The highest BCUT2D eigenvalue weighted by Crippen LogP contribution is 2.40. The Labute approximate surface area is 482 Å². The Kier molecular flexibility index (Phi) is 17.9. The monoisotopic (exact) mass is 1190 g/mol. The predicted octanol–water partition coefficient (Wildman–Crippen LogP) is 14.0. The van der Waals surface area contributed by atoms with Crippen LogP contribution in [0.4, 0.5) is 108 Å². The van der Waals surface area contributed by atoms with Crippen LogP contribution in [0.1, 0.15) is 44.5 Å². The molecule has 1 amide bonds. The number of ketones is 2. The van der Waals surface area contributed by atoms with Crippen molar-refractivity contribution in [3.63, 3.8) is 0 Å². The van der Waals surface area contributed by atoms with Crippen LogP contribution in [0.3, 0.4) is 0 Å². The molecule has 16 nitrogen and oxygen atoms in total. The van der Waals surface area contributed by atoms with E-state index in [1.54, 1.807) is 72.8 Å². The van der Waals surface area contributed by atoms with E-state index >= 15 is 0 Å². The molecule has 7 heterocycles. The molecule has 26 heteroatoms. The van der Waals surface area contributed by atoms with E-state index in [0.29, 0.717) is 72.8 Å². The molecule has 0 radical (unpaired) electrons. The maximum Gasteiger partial charge on any atom is 0.419 e. The number of carbonyl (C=O) groups excluding carboxylic acids is 3. The van der Waals surface area contributed by atoms with Crippen molar-refractivity contribution in [3.8, 4) is 0 Å². The lowest BCUT2D eigenvalue weighted by atomic mass is 10.1. The van der Waals surface area contributed by atoms with E-state index in [2.05, 4.69) is 61.8 Å². The standard InChI is InChI=1S/2C20H15F3N4O.C11H7ClF3N3.C8H8N2O/c2*21-20(22,23)16-11-25-19(10-17(16)27-18-3-1-2-6-24-18)26-14-5-4-12-8-15(28)9-13(12)7-14;12-9-5-8(7(6-17-9)11(13,14)15)18-10-3-1-2-4-16-10;9-6-1-2-7-5(3-6)4-8(11)10-7/h2*1-7,10-11H,8-9H2,(H2,24,25,26,27);1-6H,(H,16,17,18);1-3H,4,9H2,(H,10,11). The van der Waals surface area contributed by atoms with Crippen LogP contribution in [0.15, 0.2) is 165 Å². The van der Waals surface area contributed by atoms with Crippen LogP contribution in [0.2, 0.25) is 5.15 Å². The van der Waals surface area contributed by atoms with E-state index in [0.717, 1.165) is 52.0 Å². The third-order valence-electron chi connectivity index (χ3n) is 12.6. The first-order valence-electron chi connectivity index (χ1n) is 25.4. The maximum absolute atomic E-state index is 13.3. The van der Waals surface area contributed by atoms with Crippen LogP contribution in [0.25, 0.3) is 0 Å². The molecule has 6 aromatic heterocycles. The second-order valence-electron chi connectivity index (χ2n) is 18.9. The van der Waals surface area contributed by atoms with Gasteiger partial charge in [0.15, 0.2) is 0 Å². The highest BCUT2D eigenvalue weighted by molar-refractivity contribution is 6.29. The fourth-order valence-corrected chi connectivity index (χ4v) is 8.95. The first kappa shape index (κ1) is 59.5. The van der Waals surface area contributed by atoms with Gasteiger partial charge in [-0.25, -0.2) is 29.9 Å². The van der Waals surface area contributed by atoms with E-state index in [1.807, 2.05) is 36.4 Å². The van der Waals surface area contributed by atoms with Crippen LogP contribution in [-0.2, 0) is 65.0 Å². The van der Waals surface area contributed by atoms with Gasteiger partial charge in [0, 0.05) is 97.7 Å². The molecule has 0 saturated heterocycles. The van der Waals surface area contributed by atoms with Crippen molar-refractivity contribution in [2.24, 2.45) is 0 Å². The molecule has 0 saturated carbocycles. The SMILES string of the molecule is FC(F)(F)c1cnc(Cl)cc1Nc1ccccn1.Nc1ccc2c(c1)CC(=O)N2.O=C1Cc2ccc(Nc3cc(Nc4ccccn4)c(C(F)(F)F)cn3)cc2C1.O=C1Cc2ccc(Nc3cc(Nc4ccccn4)c(C(F)(F)F)cn3)cc2C1. The minimum absolute atomic E-state index is 0.0265. The molecule has 2 aliphatic carbocycles. The lowest BCUT2D eigenvalue weighted by molar-refractivity contribution is -0.138. The van der Waals surface area contributed by atoms with Gasteiger partial charge >= 0.3 is 18.5 Å². The first-order valence-corrected chi connectivity index (χ1v) is 25.8. The Balaban J connectivity index is 0.000000143. The summed E-state index contributed by atoms with van der Waals surface area (Å²) in [7, 11) is 0. The van der Waals surface area contributed by atoms with E-state index in [-0.39, 0.29) is 51.3 Å².